The first-order valence-corrected chi connectivity index (χ1v) is 8.51. The van der Waals surface area contributed by atoms with E-state index >= 15 is 0 Å². The second kappa shape index (κ2) is 7.23. The van der Waals surface area contributed by atoms with E-state index in [1.165, 1.54) is 36.4 Å². The molecule has 1 heterocycles. The van der Waals surface area contributed by atoms with Gasteiger partial charge >= 0.3 is 0 Å². The fourth-order valence-electron chi connectivity index (χ4n) is 3.27. The number of amides is 2. The molecule has 4 nitrogen and oxygen atoms in total. The lowest BCUT2D eigenvalue weighted by Crippen LogP contribution is -2.59. The van der Waals surface area contributed by atoms with Gasteiger partial charge in [-0.2, -0.15) is 0 Å². The Kier molecular flexibility index (Phi) is 5.02. The summed E-state index contributed by atoms with van der Waals surface area (Å²) in [6, 6.07) is 11.1. The summed E-state index contributed by atoms with van der Waals surface area (Å²) < 4.78 is 27.9. The molecule has 26 heavy (non-hydrogen) atoms. The van der Waals surface area contributed by atoms with Gasteiger partial charge in [-0.3, -0.25) is 9.59 Å². The number of benzene rings is 2. The van der Waals surface area contributed by atoms with Gasteiger partial charge < -0.3 is 9.80 Å². The van der Waals surface area contributed by atoms with Gasteiger partial charge in [-0.15, -0.1) is 0 Å². The van der Waals surface area contributed by atoms with E-state index in [4.69, 9.17) is 0 Å². The van der Waals surface area contributed by atoms with Crippen LogP contribution >= 0.6 is 0 Å². The molecule has 1 fully saturated rings. The number of rotatable bonds is 2. The van der Waals surface area contributed by atoms with E-state index in [-0.39, 0.29) is 36.3 Å². The van der Waals surface area contributed by atoms with Crippen molar-refractivity contribution in [1.29, 1.82) is 0 Å². The molecule has 2 atom stereocenters. The first-order valence-electron chi connectivity index (χ1n) is 8.51. The predicted molar refractivity (Wildman–Crippen MR) is 93.8 cm³/mol. The molecule has 0 unspecified atom stereocenters. The molecular weight excluding hydrogens is 338 g/mol. The molecule has 0 aliphatic carbocycles. The maximum absolute atomic E-state index is 13.9. The smallest absolute Gasteiger partial charge is 0.257 e. The number of nitrogens with zero attached hydrogens (tertiary/aromatic N) is 2. The third-order valence-corrected chi connectivity index (χ3v) is 4.72. The SMILES string of the molecule is C[C@@H]1CN(C(=O)c2ccccc2F)[C@@H](C)CN1C(=O)c1ccccc1F. The standard InChI is InChI=1S/C20H20F2N2O2/c1-13-11-24(20(26)16-8-4-6-10-18(16)22)14(2)12-23(13)19(25)15-7-3-5-9-17(15)21/h3-10,13-14H,11-12H2,1-2H3/t13-,14+. The van der Waals surface area contributed by atoms with Crippen LogP contribution in [0.15, 0.2) is 48.5 Å². The van der Waals surface area contributed by atoms with Crippen molar-refractivity contribution in [3.8, 4) is 0 Å². The highest BCUT2D eigenvalue weighted by Crippen LogP contribution is 2.22. The quantitative estimate of drug-likeness (QED) is 0.826. The molecule has 6 heteroatoms. The highest BCUT2D eigenvalue weighted by Gasteiger charge is 2.36. The zero-order chi connectivity index (χ0) is 18.8. The molecule has 2 aromatic carbocycles. The van der Waals surface area contributed by atoms with Crippen molar-refractivity contribution >= 4 is 11.8 Å². The van der Waals surface area contributed by atoms with Crippen LogP contribution < -0.4 is 0 Å². The lowest BCUT2D eigenvalue weighted by molar-refractivity contribution is 0.0265. The third kappa shape index (κ3) is 3.31. The Bertz CT molecular complexity index is 771. The van der Waals surface area contributed by atoms with E-state index in [2.05, 4.69) is 0 Å². The second-order valence-corrected chi connectivity index (χ2v) is 6.57. The summed E-state index contributed by atoms with van der Waals surface area (Å²) in [7, 11) is 0. The van der Waals surface area contributed by atoms with E-state index in [0.717, 1.165) is 0 Å². The van der Waals surface area contributed by atoms with Gasteiger partial charge in [-0.25, -0.2) is 8.78 Å². The van der Waals surface area contributed by atoms with Crippen LogP contribution in [0.1, 0.15) is 34.6 Å². The van der Waals surface area contributed by atoms with Crippen molar-refractivity contribution in [2.75, 3.05) is 13.1 Å². The van der Waals surface area contributed by atoms with Crippen molar-refractivity contribution in [2.45, 2.75) is 25.9 Å². The van der Waals surface area contributed by atoms with Crippen molar-refractivity contribution in [3.05, 3.63) is 71.3 Å². The number of carbonyl (C=O) groups excluding carboxylic acids is 2. The van der Waals surface area contributed by atoms with Gasteiger partial charge in [-0.05, 0) is 38.1 Å². The van der Waals surface area contributed by atoms with E-state index in [0.29, 0.717) is 0 Å². The molecule has 0 N–H and O–H groups in total. The van der Waals surface area contributed by atoms with Crippen molar-refractivity contribution in [2.24, 2.45) is 0 Å². The molecule has 0 aromatic heterocycles. The van der Waals surface area contributed by atoms with Crippen LogP contribution in [0.25, 0.3) is 0 Å². The zero-order valence-electron chi connectivity index (χ0n) is 14.7. The summed E-state index contributed by atoms with van der Waals surface area (Å²) in [5.41, 5.74) is 0.0286. The van der Waals surface area contributed by atoms with Gasteiger partial charge in [0.25, 0.3) is 11.8 Å². The minimum Gasteiger partial charge on any atom is -0.332 e. The Labute approximate surface area is 151 Å². The van der Waals surface area contributed by atoms with Crippen LogP contribution in [-0.4, -0.2) is 46.8 Å². The molecule has 0 saturated carbocycles. The van der Waals surface area contributed by atoms with Crippen molar-refractivity contribution < 1.29 is 18.4 Å². The summed E-state index contributed by atoms with van der Waals surface area (Å²) in [6.07, 6.45) is 0. The summed E-state index contributed by atoms with van der Waals surface area (Å²) >= 11 is 0. The molecular formula is C20H20F2N2O2. The zero-order valence-corrected chi connectivity index (χ0v) is 14.7. The Hall–Kier alpha value is -2.76. The summed E-state index contributed by atoms with van der Waals surface area (Å²) in [5, 5.41) is 0. The molecule has 1 saturated heterocycles. The number of halogens is 2. The van der Waals surface area contributed by atoms with Crippen LogP contribution in [0.3, 0.4) is 0 Å². The number of carbonyl (C=O) groups is 2. The summed E-state index contributed by atoms with van der Waals surface area (Å²) in [4.78, 5) is 28.5. The van der Waals surface area contributed by atoms with Crippen LogP contribution in [-0.2, 0) is 0 Å². The first kappa shape index (κ1) is 18.0. The minimum absolute atomic E-state index is 0.0143. The van der Waals surface area contributed by atoms with Crippen molar-refractivity contribution in [3.63, 3.8) is 0 Å². The predicted octanol–water partition coefficient (Wildman–Crippen LogP) is 3.34. The van der Waals surface area contributed by atoms with E-state index in [1.54, 1.807) is 35.8 Å². The Morgan fingerprint density at radius 1 is 0.769 bits per heavy atom. The van der Waals surface area contributed by atoms with Gasteiger partial charge in [0.2, 0.25) is 0 Å². The molecule has 0 spiro atoms. The highest BCUT2D eigenvalue weighted by atomic mass is 19.1. The molecule has 3 rings (SSSR count). The average molecular weight is 358 g/mol. The van der Waals surface area contributed by atoms with Gasteiger partial charge in [0.05, 0.1) is 11.1 Å². The molecule has 136 valence electrons. The van der Waals surface area contributed by atoms with Crippen LogP contribution in [0.2, 0.25) is 0 Å². The summed E-state index contributed by atoms with van der Waals surface area (Å²) in [5.74, 6) is -1.94. The topological polar surface area (TPSA) is 40.6 Å². The van der Waals surface area contributed by atoms with E-state index in [1.807, 2.05) is 0 Å². The molecule has 1 aliphatic heterocycles. The second-order valence-electron chi connectivity index (χ2n) is 6.57. The monoisotopic (exact) mass is 358 g/mol. The van der Waals surface area contributed by atoms with Gasteiger partial charge in [0, 0.05) is 25.2 Å². The van der Waals surface area contributed by atoms with Crippen LogP contribution in [0, 0.1) is 11.6 Å². The first-order chi connectivity index (χ1) is 12.4. The van der Waals surface area contributed by atoms with Crippen LogP contribution in [0.4, 0.5) is 8.78 Å². The molecule has 1 aliphatic rings. The summed E-state index contributed by atoms with van der Waals surface area (Å²) in [6.45, 7) is 4.11. The fraction of sp³-hybridized carbons (Fsp3) is 0.300. The third-order valence-electron chi connectivity index (χ3n) is 4.72. The minimum atomic E-state index is -0.567. The van der Waals surface area contributed by atoms with Gasteiger partial charge in [0.15, 0.2) is 0 Å². The van der Waals surface area contributed by atoms with Crippen LogP contribution in [0.5, 0.6) is 0 Å². The number of hydrogen-bond acceptors (Lipinski definition) is 2. The fourth-order valence-corrected chi connectivity index (χ4v) is 3.27. The Balaban J connectivity index is 1.79. The Morgan fingerprint density at radius 2 is 1.12 bits per heavy atom. The molecule has 0 bridgehead atoms. The molecule has 2 amide bonds. The normalized spacial score (nSPS) is 20.2. The lowest BCUT2D eigenvalue weighted by Gasteiger charge is -2.44. The molecule has 0 radical (unpaired) electrons. The molecule has 2 aromatic rings. The maximum atomic E-state index is 13.9. The largest absolute Gasteiger partial charge is 0.332 e. The lowest BCUT2D eigenvalue weighted by atomic mass is 10.0. The van der Waals surface area contributed by atoms with Gasteiger partial charge in [-0.1, -0.05) is 24.3 Å². The van der Waals surface area contributed by atoms with Crippen molar-refractivity contribution in [1.82, 2.24) is 9.80 Å². The Morgan fingerprint density at radius 3 is 1.46 bits per heavy atom. The van der Waals surface area contributed by atoms with Gasteiger partial charge in [0.1, 0.15) is 11.6 Å². The van der Waals surface area contributed by atoms with E-state index in [9.17, 15) is 18.4 Å². The average Bonchev–Trinajstić information content (AvgIpc) is 2.63. The maximum Gasteiger partial charge on any atom is 0.257 e. The number of piperazine rings is 1. The number of hydrogen-bond donors (Lipinski definition) is 0. The van der Waals surface area contributed by atoms with E-state index < -0.39 is 23.4 Å². The highest BCUT2D eigenvalue weighted by molar-refractivity contribution is 5.96.